The lowest BCUT2D eigenvalue weighted by Crippen LogP contribution is -2.35. The molecule has 33 heavy (non-hydrogen) atoms. The van der Waals surface area contributed by atoms with E-state index < -0.39 is 10.0 Å². The predicted octanol–water partition coefficient (Wildman–Crippen LogP) is 3.70. The van der Waals surface area contributed by atoms with E-state index in [2.05, 4.69) is 15.0 Å². The van der Waals surface area contributed by atoms with Crippen molar-refractivity contribution >= 4 is 33.0 Å². The molecule has 2 N–H and O–H groups in total. The summed E-state index contributed by atoms with van der Waals surface area (Å²) in [5.74, 6) is 0.513. The van der Waals surface area contributed by atoms with Gasteiger partial charge < -0.3 is 14.8 Å². The number of ether oxygens (including phenoxy) is 2. The van der Waals surface area contributed by atoms with Crippen molar-refractivity contribution < 1.29 is 22.7 Å². The molecule has 1 amide bonds. The summed E-state index contributed by atoms with van der Waals surface area (Å²) >= 11 is 1.45. The van der Waals surface area contributed by atoms with Gasteiger partial charge in [0.05, 0.1) is 35.8 Å². The maximum Gasteiger partial charge on any atom is 0.240 e. The lowest BCUT2D eigenvalue weighted by molar-refractivity contribution is -0.115. The van der Waals surface area contributed by atoms with Crippen molar-refractivity contribution in [1.29, 1.82) is 0 Å². The van der Waals surface area contributed by atoms with Crippen molar-refractivity contribution in [3.8, 4) is 16.3 Å². The molecule has 0 radical (unpaired) electrons. The number of thiazole rings is 1. The molecule has 0 fully saturated rings. The molecule has 2 aromatic carbocycles. The second-order valence-electron chi connectivity index (χ2n) is 7.30. The summed E-state index contributed by atoms with van der Waals surface area (Å²) in [5, 5.41) is 5.41. The molecule has 0 bridgehead atoms. The highest BCUT2D eigenvalue weighted by Gasteiger charge is 2.18. The van der Waals surface area contributed by atoms with Gasteiger partial charge in [-0.3, -0.25) is 4.79 Å². The van der Waals surface area contributed by atoms with E-state index in [1.54, 1.807) is 19.1 Å². The SMILES string of the molecule is CCOc1ccccc1-c1nc(CC(=O)Nc2ccc(S(=O)(=O)NC(C)COC)cc2)cs1. The number of rotatable bonds is 11. The second-order valence-corrected chi connectivity index (χ2v) is 9.87. The molecule has 0 saturated heterocycles. The highest BCUT2D eigenvalue weighted by atomic mass is 32.2. The van der Waals surface area contributed by atoms with Crippen LogP contribution in [0.2, 0.25) is 0 Å². The predicted molar refractivity (Wildman–Crippen MR) is 129 cm³/mol. The summed E-state index contributed by atoms with van der Waals surface area (Å²) < 4.78 is 38.0. The Hall–Kier alpha value is -2.79. The number of nitrogens with one attached hydrogen (secondary N) is 2. The molecular formula is C23H27N3O5S2. The Labute approximate surface area is 198 Å². The van der Waals surface area contributed by atoms with Crippen LogP contribution in [0.25, 0.3) is 10.6 Å². The summed E-state index contributed by atoms with van der Waals surface area (Å²) in [6.07, 6.45) is 0.101. The Morgan fingerprint density at radius 2 is 1.88 bits per heavy atom. The third kappa shape index (κ3) is 6.84. The van der Waals surface area contributed by atoms with Gasteiger partial charge in [-0.2, -0.15) is 0 Å². The molecule has 1 atom stereocenters. The fourth-order valence-electron chi connectivity index (χ4n) is 3.14. The van der Waals surface area contributed by atoms with Crippen LogP contribution in [0, 0.1) is 0 Å². The van der Waals surface area contributed by atoms with Crippen molar-refractivity contribution in [3.05, 3.63) is 59.6 Å². The van der Waals surface area contributed by atoms with Crippen LogP contribution < -0.4 is 14.8 Å². The van der Waals surface area contributed by atoms with Crippen LogP contribution in [0.5, 0.6) is 5.75 Å². The Bertz CT molecular complexity index is 1180. The van der Waals surface area contributed by atoms with Gasteiger partial charge in [-0.05, 0) is 50.2 Å². The molecule has 0 aliphatic rings. The molecule has 3 rings (SSSR count). The third-order valence-electron chi connectivity index (χ3n) is 4.53. The van der Waals surface area contributed by atoms with Crippen LogP contribution in [0.15, 0.2) is 58.8 Å². The molecule has 10 heteroatoms. The quantitative estimate of drug-likeness (QED) is 0.425. The molecule has 1 unspecified atom stereocenters. The van der Waals surface area contributed by atoms with Crippen LogP contribution in [0.1, 0.15) is 19.5 Å². The Morgan fingerprint density at radius 1 is 1.15 bits per heavy atom. The molecule has 0 saturated carbocycles. The van der Waals surface area contributed by atoms with E-state index in [1.165, 1.54) is 30.6 Å². The minimum atomic E-state index is -3.67. The lowest BCUT2D eigenvalue weighted by atomic mass is 10.2. The number of nitrogens with zero attached hydrogens (tertiary/aromatic N) is 1. The van der Waals surface area contributed by atoms with E-state index in [1.807, 2.05) is 36.6 Å². The maximum absolute atomic E-state index is 12.5. The summed E-state index contributed by atoms with van der Waals surface area (Å²) in [6, 6.07) is 13.3. The second kappa shape index (κ2) is 11.4. The molecule has 1 heterocycles. The van der Waals surface area contributed by atoms with E-state index in [4.69, 9.17) is 9.47 Å². The average molecular weight is 490 g/mol. The smallest absolute Gasteiger partial charge is 0.240 e. The van der Waals surface area contributed by atoms with Gasteiger partial charge in [0.2, 0.25) is 15.9 Å². The zero-order valence-electron chi connectivity index (χ0n) is 18.7. The first kappa shape index (κ1) is 24.8. The van der Waals surface area contributed by atoms with Crippen LogP contribution in [-0.4, -0.2) is 45.7 Å². The first-order valence-corrected chi connectivity index (χ1v) is 12.8. The summed E-state index contributed by atoms with van der Waals surface area (Å²) in [4.78, 5) is 17.2. The highest BCUT2D eigenvalue weighted by molar-refractivity contribution is 7.89. The number of hydrogen-bond donors (Lipinski definition) is 2. The van der Waals surface area contributed by atoms with Crippen molar-refractivity contribution in [3.63, 3.8) is 0 Å². The van der Waals surface area contributed by atoms with Crippen molar-refractivity contribution in [2.24, 2.45) is 0 Å². The van der Waals surface area contributed by atoms with E-state index in [9.17, 15) is 13.2 Å². The van der Waals surface area contributed by atoms with E-state index in [-0.39, 0.29) is 29.9 Å². The minimum absolute atomic E-state index is 0.101. The fourth-order valence-corrected chi connectivity index (χ4v) is 5.22. The van der Waals surface area contributed by atoms with Gasteiger partial charge in [0.15, 0.2) is 0 Å². The maximum atomic E-state index is 12.5. The van der Waals surface area contributed by atoms with E-state index in [0.717, 1.165) is 16.3 Å². The number of methoxy groups -OCH3 is 1. The molecule has 1 aromatic heterocycles. The number of benzene rings is 2. The summed E-state index contributed by atoms with van der Waals surface area (Å²) in [5.41, 5.74) is 2.04. The number of hydrogen-bond acceptors (Lipinski definition) is 7. The largest absolute Gasteiger partial charge is 0.493 e. The number of carbonyl (C=O) groups is 1. The molecule has 3 aromatic rings. The van der Waals surface area contributed by atoms with Gasteiger partial charge in [0.1, 0.15) is 10.8 Å². The van der Waals surface area contributed by atoms with Crippen LogP contribution in [0.4, 0.5) is 5.69 Å². The number of sulfonamides is 1. The Balaban J connectivity index is 1.62. The molecule has 0 spiro atoms. The first-order chi connectivity index (χ1) is 15.8. The molecular weight excluding hydrogens is 462 g/mol. The molecule has 0 aliphatic carbocycles. The fraction of sp³-hybridized carbons (Fsp3) is 0.304. The van der Waals surface area contributed by atoms with E-state index >= 15 is 0 Å². The topological polar surface area (TPSA) is 107 Å². The standard InChI is InChI=1S/C23H27N3O5S2/c1-4-31-21-8-6-5-7-20(21)23-25-18(15-32-23)13-22(27)24-17-9-11-19(12-10-17)33(28,29)26-16(2)14-30-3/h5-12,15-16,26H,4,13-14H2,1-3H3,(H,24,27). The zero-order valence-corrected chi connectivity index (χ0v) is 20.3. The van der Waals surface area contributed by atoms with Gasteiger partial charge in [0.25, 0.3) is 0 Å². The Kier molecular flexibility index (Phi) is 8.56. The Morgan fingerprint density at radius 3 is 2.58 bits per heavy atom. The lowest BCUT2D eigenvalue weighted by Gasteiger charge is -2.13. The van der Waals surface area contributed by atoms with Gasteiger partial charge >= 0.3 is 0 Å². The summed E-state index contributed by atoms with van der Waals surface area (Å²) in [6.45, 7) is 4.46. The van der Waals surface area contributed by atoms with Gasteiger partial charge in [-0.25, -0.2) is 18.1 Å². The number of amides is 1. The van der Waals surface area contributed by atoms with Gasteiger partial charge in [-0.15, -0.1) is 11.3 Å². The molecule has 0 aliphatic heterocycles. The zero-order chi connectivity index (χ0) is 23.8. The van der Waals surface area contributed by atoms with Crippen molar-refractivity contribution in [2.45, 2.75) is 31.2 Å². The monoisotopic (exact) mass is 489 g/mol. The third-order valence-corrected chi connectivity index (χ3v) is 7.06. The molecule has 176 valence electrons. The number of aromatic nitrogens is 1. The van der Waals surface area contributed by atoms with Crippen LogP contribution in [-0.2, 0) is 26.0 Å². The van der Waals surface area contributed by atoms with Crippen LogP contribution >= 0.6 is 11.3 Å². The number of para-hydroxylation sites is 1. The van der Waals surface area contributed by atoms with Crippen molar-refractivity contribution in [2.75, 3.05) is 25.6 Å². The number of carbonyl (C=O) groups excluding carboxylic acids is 1. The van der Waals surface area contributed by atoms with Crippen molar-refractivity contribution in [1.82, 2.24) is 9.71 Å². The van der Waals surface area contributed by atoms with E-state index in [0.29, 0.717) is 18.0 Å². The normalized spacial score (nSPS) is 12.3. The van der Waals surface area contributed by atoms with Gasteiger partial charge in [0, 0.05) is 24.2 Å². The summed E-state index contributed by atoms with van der Waals surface area (Å²) in [7, 11) is -2.16. The van der Waals surface area contributed by atoms with Gasteiger partial charge in [-0.1, -0.05) is 12.1 Å². The van der Waals surface area contributed by atoms with Crippen LogP contribution in [0.3, 0.4) is 0 Å². The average Bonchev–Trinajstić information content (AvgIpc) is 3.22. The number of anilines is 1. The highest BCUT2D eigenvalue weighted by Crippen LogP contribution is 2.32. The minimum Gasteiger partial charge on any atom is -0.493 e. The molecule has 8 nitrogen and oxygen atoms in total. The first-order valence-electron chi connectivity index (χ1n) is 10.4.